The maximum atomic E-state index is 13.7. The number of aromatic amines is 1. The molecule has 0 saturated carbocycles. The molecule has 8 nitrogen and oxygen atoms in total. The topological polar surface area (TPSA) is 97.0 Å². The molecule has 2 fully saturated rings. The minimum atomic E-state index is -5.08. The summed E-state index contributed by atoms with van der Waals surface area (Å²) in [6.07, 6.45) is -1.98. The summed E-state index contributed by atoms with van der Waals surface area (Å²) in [5.41, 5.74) is 7.16. The van der Waals surface area contributed by atoms with Crippen LogP contribution in [0, 0.1) is 13.8 Å². The number of para-hydroxylation sites is 1. The molecule has 0 spiro atoms. The third-order valence-electron chi connectivity index (χ3n) is 8.42. The van der Waals surface area contributed by atoms with Gasteiger partial charge in [-0.05, 0) is 74.9 Å². The fraction of sp³-hybridized carbons (Fsp3) is 0.469. The quantitative estimate of drug-likeness (QED) is 0.413. The van der Waals surface area contributed by atoms with Gasteiger partial charge in [0, 0.05) is 56.1 Å². The van der Waals surface area contributed by atoms with Gasteiger partial charge >= 0.3 is 12.1 Å². The third-order valence-corrected chi connectivity index (χ3v) is 8.42. The number of amides is 2. The minimum Gasteiger partial charge on any atom is -0.475 e. The second-order valence-corrected chi connectivity index (χ2v) is 11.3. The van der Waals surface area contributed by atoms with Crippen LogP contribution in [0.3, 0.4) is 0 Å². The van der Waals surface area contributed by atoms with Crippen LogP contribution < -0.4 is 0 Å². The molecule has 1 aromatic heterocycles. The molecule has 5 rings (SSSR count). The Labute approximate surface area is 249 Å². The van der Waals surface area contributed by atoms with Crippen LogP contribution in [0.15, 0.2) is 42.5 Å². The number of fused-ring (bicyclic) bond motifs is 1. The first-order chi connectivity index (χ1) is 20.4. The van der Waals surface area contributed by atoms with Crippen molar-refractivity contribution in [3.8, 4) is 0 Å². The smallest absolute Gasteiger partial charge is 0.475 e. The van der Waals surface area contributed by atoms with E-state index in [-0.39, 0.29) is 11.8 Å². The molecular weight excluding hydrogens is 561 g/mol. The molecule has 2 saturated heterocycles. The predicted octanol–water partition coefficient (Wildman–Crippen LogP) is 5.49. The van der Waals surface area contributed by atoms with Gasteiger partial charge in [-0.3, -0.25) is 14.5 Å². The van der Waals surface area contributed by atoms with Crippen LogP contribution in [0.1, 0.15) is 64.8 Å². The van der Waals surface area contributed by atoms with Crippen molar-refractivity contribution >= 4 is 28.7 Å². The number of alkyl halides is 3. The molecule has 0 unspecified atom stereocenters. The first-order valence-electron chi connectivity index (χ1n) is 14.6. The number of aromatic nitrogens is 1. The number of aryl methyl sites for hydroxylation is 2. The average Bonchev–Trinajstić information content (AvgIpc) is 3.13. The van der Waals surface area contributed by atoms with E-state index >= 15 is 0 Å². The van der Waals surface area contributed by atoms with Crippen molar-refractivity contribution in [3.05, 3.63) is 70.4 Å². The number of halogens is 3. The van der Waals surface area contributed by atoms with E-state index in [0.717, 1.165) is 55.4 Å². The summed E-state index contributed by atoms with van der Waals surface area (Å²) >= 11 is 0. The van der Waals surface area contributed by atoms with Gasteiger partial charge in [-0.2, -0.15) is 13.2 Å². The van der Waals surface area contributed by atoms with Gasteiger partial charge in [0.05, 0.1) is 0 Å². The van der Waals surface area contributed by atoms with E-state index in [1.165, 1.54) is 16.7 Å². The van der Waals surface area contributed by atoms with Gasteiger partial charge in [0.2, 0.25) is 5.91 Å². The van der Waals surface area contributed by atoms with Crippen molar-refractivity contribution in [2.75, 3.05) is 39.3 Å². The molecule has 232 valence electrons. The fourth-order valence-corrected chi connectivity index (χ4v) is 6.22. The Kier molecular flexibility index (Phi) is 10.2. The summed E-state index contributed by atoms with van der Waals surface area (Å²) in [7, 11) is 0. The number of nitrogens with zero attached hydrogens (tertiary/aromatic N) is 3. The Bertz CT molecular complexity index is 1440. The van der Waals surface area contributed by atoms with E-state index < -0.39 is 12.1 Å². The van der Waals surface area contributed by atoms with Crippen molar-refractivity contribution in [1.82, 2.24) is 19.7 Å². The molecule has 0 atom stereocenters. The first kappa shape index (κ1) is 32.1. The standard InChI is InChI=1S/C30H38N4O2.C2HF3O2/c1-21-8-6-9-22(2)28(21)24-12-16-32(17-13-24)20-26-25-10-4-5-11-27(25)31-29(26)30(36)34-15-7-14-33(18-19-34)23(3)35;3-2(4,5)1(6)7/h4-6,8-11,24,31H,7,12-20H2,1-3H3;(H,6,7). The van der Waals surface area contributed by atoms with Crippen LogP contribution >= 0.6 is 0 Å². The fourth-order valence-electron chi connectivity index (χ4n) is 6.22. The molecule has 2 aliphatic heterocycles. The predicted molar refractivity (Wildman–Crippen MR) is 158 cm³/mol. The van der Waals surface area contributed by atoms with Gasteiger partial charge < -0.3 is 19.9 Å². The lowest BCUT2D eigenvalue weighted by Crippen LogP contribution is -2.37. The van der Waals surface area contributed by atoms with Crippen molar-refractivity contribution < 1.29 is 32.7 Å². The number of nitrogens with one attached hydrogen (secondary N) is 1. The Morgan fingerprint density at radius 2 is 1.47 bits per heavy atom. The van der Waals surface area contributed by atoms with Gasteiger partial charge in [0.25, 0.3) is 5.91 Å². The molecule has 3 heterocycles. The zero-order valence-electron chi connectivity index (χ0n) is 24.8. The van der Waals surface area contributed by atoms with Crippen LogP contribution in [0.4, 0.5) is 13.2 Å². The SMILES string of the molecule is CC(=O)N1CCCN(C(=O)c2[nH]c3ccccc3c2CN2CCC(c3c(C)cccc3C)CC2)CC1.O=C(O)C(F)(F)F. The number of hydrogen-bond acceptors (Lipinski definition) is 4. The molecule has 2 aliphatic rings. The van der Waals surface area contributed by atoms with Gasteiger partial charge in [-0.15, -0.1) is 0 Å². The summed E-state index contributed by atoms with van der Waals surface area (Å²) in [5.74, 6) is -2.02. The number of benzene rings is 2. The van der Waals surface area contributed by atoms with Crippen LogP contribution in [-0.4, -0.2) is 88.0 Å². The Hall–Kier alpha value is -3.86. The Balaban J connectivity index is 0.000000541. The zero-order valence-corrected chi connectivity index (χ0v) is 24.8. The van der Waals surface area contributed by atoms with Crippen molar-refractivity contribution in [3.63, 3.8) is 0 Å². The number of aliphatic carboxylic acids is 1. The summed E-state index contributed by atoms with van der Waals surface area (Å²) in [4.78, 5) is 44.2. The van der Waals surface area contributed by atoms with E-state index in [1.807, 2.05) is 15.9 Å². The average molecular weight is 601 g/mol. The zero-order chi connectivity index (χ0) is 31.3. The summed E-state index contributed by atoms with van der Waals surface area (Å²) in [6.45, 7) is 11.5. The number of carboxylic acid groups (broad SMARTS) is 1. The monoisotopic (exact) mass is 600 g/mol. The molecule has 0 radical (unpaired) electrons. The molecule has 43 heavy (non-hydrogen) atoms. The summed E-state index contributed by atoms with van der Waals surface area (Å²) in [6, 6.07) is 14.9. The number of piperidine rings is 1. The first-order valence-corrected chi connectivity index (χ1v) is 14.6. The van der Waals surface area contributed by atoms with Gasteiger partial charge in [-0.25, -0.2) is 4.79 Å². The van der Waals surface area contributed by atoms with Crippen LogP contribution in [0.25, 0.3) is 10.9 Å². The number of rotatable bonds is 4. The van der Waals surface area contributed by atoms with E-state index in [4.69, 9.17) is 9.90 Å². The van der Waals surface area contributed by atoms with Crippen LogP contribution in [0.2, 0.25) is 0 Å². The third kappa shape index (κ3) is 7.76. The van der Waals surface area contributed by atoms with Crippen molar-refractivity contribution in [2.24, 2.45) is 0 Å². The normalized spacial score (nSPS) is 16.9. The van der Waals surface area contributed by atoms with E-state index in [1.54, 1.807) is 6.92 Å². The van der Waals surface area contributed by atoms with Crippen LogP contribution in [-0.2, 0) is 16.1 Å². The van der Waals surface area contributed by atoms with Crippen molar-refractivity contribution in [2.45, 2.75) is 58.7 Å². The highest BCUT2D eigenvalue weighted by molar-refractivity contribution is 6.01. The van der Waals surface area contributed by atoms with E-state index in [9.17, 15) is 22.8 Å². The Morgan fingerprint density at radius 3 is 2.07 bits per heavy atom. The number of carboxylic acids is 1. The lowest BCUT2D eigenvalue weighted by atomic mass is 9.84. The molecule has 0 aliphatic carbocycles. The molecule has 2 N–H and O–H groups in total. The number of H-pyrrole nitrogens is 1. The van der Waals surface area contributed by atoms with Gasteiger partial charge in [-0.1, -0.05) is 36.4 Å². The second-order valence-electron chi connectivity index (χ2n) is 11.3. The van der Waals surface area contributed by atoms with Crippen LogP contribution in [0.5, 0.6) is 0 Å². The van der Waals surface area contributed by atoms with E-state index in [2.05, 4.69) is 60.1 Å². The number of carbonyl (C=O) groups excluding carboxylic acids is 2. The number of likely N-dealkylation sites (tertiary alicyclic amines) is 1. The van der Waals surface area contributed by atoms with Crippen molar-refractivity contribution in [1.29, 1.82) is 0 Å². The minimum absolute atomic E-state index is 0.0528. The second kappa shape index (κ2) is 13.6. The summed E-state index contributed by atoms with van der Waals surface area (Å²) < 4.78 is 31.7. The number of hydrogen-bond donors (Lipinski definition) is 2. The molecule has 2 aromatic carbocycles. The van der Waals surface area contributed by atoms with Gasteiger partial charge in [0.1, 0.15) is 5.69 Å². The maximum Gasteiger partial charge on any atom is 0.490 e. The highest BCUT2D eigenvalue weighted by atomic mass is 19.4. The largest absolute Gasteiger partial charge is 0.490 e. The van der Waals surface area contributed by atoms with Gasteiger partial charge in [0.15, 0.2) is 0 Å². The molecular formula is C32H39F3N4O4. The maximum absolute atomic E-state index is 13.7. The number of carbonyl (C=O) groups is 3. The molecule has 0 bridgehead atoms. The molecule has 11 heteroatoms. The van der Waals surface area contributed by atoms with E-state index in [0.29, 0.717) is 37.8 Å². The molecule has 2 amide bonds. The highest BCUT2D eigenvalue weighted by Gasteiger charge is 2.38. The lowest BCUT2D eigenvalue weighted by molar-refractivity contribution is -0.192. The highest BCUT2D eigenvalue weighted by Crippen LogP contribution is 2.34. The lowest BCUT2D eigenvalue weighted by Gasteiger charge is -2.33. The Morgan fingerprint density at radius 1 is 0.884 bits per heavy atom. The summed E-state index contributed by atoms with van der Waals surface area (Å²) in [5, 5.41) is 8.26. The molecule has 3 aromatic rings.